The number of hydrogen-bond donors (Lipinski definition) is 1. The molecule has 1 saturated heterocycles. The van der Waals surface area contributed by atoms with E-state index in [-0.39, 0.29) is 31.5 Å². The van der Waals surface area contributed by atoms with Crippen LogP contribution in [0.5, 0.6) is 0 Å². The second-order valence-electron chi connectivity index (χ2n) is 5.97. The number of carbonyl (C=O) groups is 1. The molecule has 0 bridgehead atoms. The molecule has 0 saturated carbocycles. The number of halogens is 3. The van der Waals surface area contributed by atoms with Crippen molar-refractivity contribution in [3.05, 3.63) is 51.3 Å². The van der Waals surface area contributed by atoms with Gasteiger partial charge in [-0.25, -0.2) is 0 Å². The van der Waals surface area contributed by atoms with Crippen molar-refractivity contribution < 1.29 is 22.9 Å². The van der Waals surface area contributed by atoms with Gasteiger partial charge >= 0.3 is 5.69 Å². The van der Waals surface area contributed by atoms with Crippen LogP contribution in [0.15, 0.2) is 29.9 Å². The average Bonchev–Trinajstić information content (AvgIpc) is 2.59. The van der Waals surface area contributed by atoms with Crippen molar-refractivity contribution in [2.24, 2.45) is 5.73 Å². The van der Waals surface area contributed by atoms with Crippen molar-refractivity contribution in [2.45, 2.75) is 31.7 Å². The summed E-state index contributed by atoms with van der Waals surface area (Å²) in [5.41, 5.74) is 5.71. The number of likely N-dealkylation sites (tertiary alicyclic amines) is 1. The maximum absolute atomic E-state index is 13.7. The third-order valence-corrected chi connectivity index (χ3v) is 4.46. The first-order chi connectivity index (χ1) is 11.7. The molecule has 136 valence electrons. The van der Waals surface area contributed by atoms with Gasteiger partial charge in [0.1, 0.15) is 0 Å². The average molecular weight is 357 g/mol. The highest BCUT2D eigenvalue weighted by Gasteiger charge is 2.30. The molecule has 0 aromatic heterocycles. The third-order valence-electron chi connectivity index (χ3n) is 4.46. The fourth-order valence-electron chi connectivity index (χ4n) is 2.77. The molecule has 0 radical (unpaired) electrons. The zero-order chi connectivity index (χ0) is 18.7. The number of hydrogen-bond acceptors (Lipinski definition) is 4. The van der Waals surface area contributed by atoms with Crippen LogP contribution in [-0.2, 0) is 4.79 Å². The van der Waals surface area contributed by atoms with Gasteiger partial charge in [-0.05, 0) is 30.0 Å². The van der Waals surface area contributed by atoms with Crippen LogP contribution in [0, 0.1) is 15.9 Å². The standard InChI is InChI=1S/C16H18F3N3O3/c1-9(11-2-3-13(22(24)25)12(17)8-11)14(20)16(23)21-6-4-10(5-7-21)15(18)19/h2-3,8-9,14H,4-7,20H2,1H3/t9-,14+/m0/s1. The Bertz CT molecular complexity index is 710. The van der Waals surface area contributed by atoms with Crippen molar-refractivity contribution in [1.29, 1.82) is 0 Å². The summed E-state index contributed by atoms with van der Waals surface area (Å²) < 4.78 is 38.8. The van der Waals surface area contributed by atoms with E-state index in [0.717, 1.165) is 12.1 Å². The second kappa shape index (κ2) is 7.64. The van der Waals surface area contributed by atoms with Gasteiger partial charge in [0.2, 0.25) is 11.7 Å². The smallest absolute Gasteiger partial charge is 0.304 e. The summed E-state index contributed by atoms with van der Waals surface area (Å²) in [5.74, 6) is -2.00. The topological polar surface area (TPSA) is 89.5 Å². The van der Waals surface area contributed by atoms with Gasteiger partial charge < -0.3 is 10.6 Å². The largest absolute Gasteiger partial charge is 0.341 e. The number of amides is 1. The van der Waals surface area contributed by atoms with Crippen molar-refractivity contribution in [1.82, 2.24) is 4.90 Å². The lowest BCUT2D eigenvalue weighted by atomic mass is 9.92. The predicted molar refractivity (Wildman–Crippen MR) is 84.5 cm³/mol. The highest BCUT2D eigenvalue weighted by atomic mass is 19.3. The van der Waals surface area contributed by atoms with Crippen LogP contribution >= 0.6 is 0 Å². The maximum Gasteiger partial charge on any atom is 0.304 e. The number of nitrogens with zero attached hydrogens (tertiary/aromatic N) is 2. The van der Waals surface area contributed by atoms with E-state index in [9.17, 15) is 28.1 Å². The predicted octanol–water partition coefficient (Wildman–Crippen LogP) is 2.94. The second-order valence-corrected chi connectivity index (χ2v) is 5.97. The van der Waals surface area contributed by atoms with Gasteiger partial charge in [0.25, 0.3) is 6.08 Å². The molecule has 1 heterocycles. The van der Waals surface area contributed by atoms with Gasteiger partial charge in [-0.3, -0.25) is 14.9 Å². The van der Waals surface area contributed by atoms with Crippen molar-refractivity contribution in [2.75, 3.05) is 13.1 Å². The Morgan fingerprint density at radius 3 is 2.40 bits per heavy atom. The van der Waals surface area contributed by atoms with Gasteiger partial charge in [-0.2, -0.15) is 13.2 Å². The molecule has 2 atom stereocenters. The quantitative estimate of drug-likeness (QED) is 0.663. The normalized spacial score (nSPS) is 17.2. The molecule has 1 aromatic carbocycles. The van der Waals surface area contributed by atoms with E-state index in [0.29, 0.717) is 5.56 Å². The van der Waals surface area contributed by atoms with Crippen molar-refractivity contribution in [3.8, 4) is 0 Å². The minimum absolute atomic E-state index is 0.0445. The molecule has 0 unspecified atom stereocenters. The number of benzene rings is 1. The summed E-state index contributed by atoms with van der Waals surface area (Å²) in [5, 5.41) is 10.6. The summed E-state index contributed by atoms with van der Waals surface area (Å²) in [6, 6.07) is 2.38. The van der Waals surface area contributed by atoms with E-state index in [4.69, 9.17) is 5.73 Å². The van der Waals surface area contributed by atoms with E-state index < -0.39 is 40.4 Å². The molecule has 2 rings (SSSR count). The Labute approximate surface area is 142 Å². The molecule has 6 nitrogen and oxygen atoms in total. The zero-order valence-corrected chi connectivity index (χ0v) is 13.5. The Morgan fingerprint density at radius 1 is 1.32 bits per heavy atom. The molecule has 1 aliphatic heterocycles. The Kier molecular flexibility index (Phi) is 5.78. The zero-order valence-electron chi connectivity index (χ0n) is 13.5. The van der Waals surface area contributed by atoms with Crippen molar-refractivity contribution >= 4 is 11.6 Å². The van der Waals surface area contributed by atoms with Crippen LogP contribution < -0.4 is 5.73 Å². The van der Waals surface area contributed by atoms with Gasteiger partial charge in [0.05, 0.1) is 11.0 Å². The fourth-order valence-corrected chi connectivity index (χ4v) is 2.77. The van der Waals surface area contributed by atoms with Crippen LogP contribution in [0.1, 0.15) is 31.2 Å². The van der Waals surface area contributed by atoms with Gasteiger partial charge in [-0.15, -0.1) is 0 Å². The van der Waals surface area contributed by atoms with E-state index in [1.165, 1.54) is 11.0 Å². The van der Waals surface area contributed by atoms with E-state index in [1.54, 1.807) is 6.92 Å². The monoisotopic (exact) mass is 357 g/mol. The number of nitro groups is 1. The summed E-state index contributed by atoms with van der Waals surface area (Å²) in [7, 11) is 0. The first-order valence-corrected chi connectivity index (χ1v) is 7.73. The van der Waals surface area contributed by atoms with Gasteiger partial charge in [0.15, 0.2) is 0 Å². The molecule has 1 amide bonds. The Balaban J connectivity index is 2.08. The van der Waals surface area contributed by atoms with Crippen LogP contribution in [0.4, 0.5) is 18.9 Å². The molecular formula is C16H18F3N3O3. The lowest BCUT2D eigenvalue weighted by Gasteiger charge is -2.32. The van der Waals surface area contributed by atoms with Crippen molar-refractivity contribution in [3.63, 3.8) is 0 Å². The molecule has 1 aliphatic rings. The maximum atomic E-state index is 13.7. The molecule has 2 N–H and O–H groups in total. The van der Waals surface area contributed by atoms with Crippen LogP contribution in [0.25, 0.3) is 0 Å². The van der Waals surface area contributed by atoms with E-state index in [1.807, 2.05) is 0 Å². The minimum Gasteiger partial charge on any atom is -0.341 e. The minimum atomic E-state index is -1.70. The van der Waals surface area contributed by atoms with E-state index >= 15 is 0 Å². The molecule has 9 heteroatoms. The Morgan fingerprint density at radius 2 is 1.92 bits per heavy atom. The molecule has 1 aromatic rings. The first-order valence-electron chi connectivity index (χ1n) is 7.73. The fraction of sp³-hybridized carbons (Fsp3) is 0.438. The molecule has 1 fully saturated rings. The highest BCUT2D eigenvalue weighted by Crippen LogP contribution is 2.27. The number of piperidine rings is 1. The molecular weight excluding hydrogens is 339 g/mol. The summed E-state index contributed by atoms with van der Waals surface area (Å²) in [4.78, 5) is 23.7. The first kappa shape index (κ1) is 18.9. The Hall–Kier alpha value is -2.42. The number of nitro benzene ring substituents is 1. The summed E-state index contributed by atoms with van der Waals surface area (Å²) in [6.45, 7) is 1.92. The molecule has 0 spiro atoms. The summed E-state index contributed by atoms with van der Waals surface area (Å²) in [6.07, 6.45) is -1.51. The van der Waals surface area contributed by atoms with Crippen LogP contribution in [-0.4, -0.2) is 34.9 Å². The lowest BCUT2D eigenvalue weighted by molar-refractivity contribution is -0.387. The van der Waals surface area contributed by atoms with Crippen LogP contribution in [0.2, 0.25) is 0 Å². The lowest BCUT2D eigenvalue weighted by Crippen LogP contribution is -2.48. The van der Waals surface area contributed by atoms with Gasteiger partial charge in [-0.1, -0.05) is 13.0 Å². The number of nitrogens with two attached hydrogens (primary N) is 1. The van der Waals surface area contributed by atoms with Gasteiger partial charge in [0, 0.05) is 25.1 Å². The molecule has 25 heavy (non-hydrogen) atoms. The number of carbonyl (C=O) groups excluding carboxylic acids is 1. The summed E-state index contributed by atoms with van der Waals surface area (Å²) >= 11 is 0. The SMILES string of the molecule is C[C@@H](c1ccc([N+](=O)[O-])c(F)c1)[C@@H](N)C(=O)N1CCC(=C(F)F)CC1. The molecule has 0 aliphatic carbocycles. The van der Waals surface area contributed by atoms with Crippen LogP contribution in [0.3, 0.4) is 0 Å². The van der Waals surface area contributed by atoms with E-state index in [2.05, 4.69) is 0 Å². The third kappa shape index (κ3) is 4.16. The number of rotatable bonds is 4. The highest BCUT2D eigenvalue weighted by molar-refractivity contribution is 5.83.